The Morgan fingerprint density at radius 1 is 1.63 bits per heavy atom. The lowest BCUT2D eigenvalue weighted by molar-refractivity contribution is -0.122. The highest BCUT2D eigenvalue weighted by Crippen LogP contribution is 2.28. The second-order valence-corrected chi connectivity index (χ2v) is 7.87. The third-order valence-corrected chi connectivity index (χ3v) is 5.51. The van der Waals surface area contributed by atoms with E-state index in [-0.39, 0.29) is 11.8 Å². The van der Waals surface area contributed by atoms with Crippen LogP contribution in [-0.4, -0.2) is 37.5 Å². The Bertz CT molecular complexity index is 435. The van der Waals surface area contributed by atoms with Gasteiger partial charge in [0, 0.05) is 18.0 Å². The Kier molecular flexibility index (Phi) is 5.42. The van der Waals surface area contributed by atoms with Crippen molar-refractivity contribution in [3.8, 4) is 0 Å². The van der Waals surface area contributed by atoms with Crippen molar-refractivity contribution in [3.63, 3.8) is 0 Å². The van der Waals surface area contributed by atoms with Gasteiger partial charge in [0.1, 0.15) is 0 Å². The molecule has 1 aromatic heterocycles. The third-order valence-electron chi connectivity index (χ3n) is 3.70. The fourth-order valence-corrected chi connectivity index (χ4v) is 4.00. The van der Waals surface area contributed by atoms with Crippen LogP contribution in [0.1, 0.15) is 30.6 Å². The van der Waals surface area contributed by atoms with Gasteiger partial charge in [0.05, 0.1) is 9.70 Å². The monoisotopic (exact) mass is 344 g/mol. The average Bonchev–Trinajstić information content (AvgIpc) is 2.82. The number of thiophene rings is 1. The molecule has 1 aliphatic rings. The van der Waals surface area contributed by atoms with Crippen molar-refractivity contribution < 1.29 is 4.79 Å². The van der Waals surface area contributed by atoms with Crippen molar-refractivity contribution in [1.82, 2.24) is 10.2 Å². The summed E-state index contributed by atoms with van der Waals surface area (Å²) in [5, 5.41) is 3.11. The molecule has 1 saturated heterocycles. The van der Waals surface area contributed by atoms with Gasteiger partial charge < -0.3 is 10.2 Å². The lowest BCUT2D eigenvalue weighted by Gasteiger charge is -2.29. The van der Waals surface area contributed by atoms with Crippen LogP contribution in [0.15, 0.2) is 15.9 Å². The van der Waals surface area contributed by atoms with E-state index in [1.54, 1.807) is 11.3 Å². The summed E-state index contributed by atoms with van der Waals surface area (Å²) in [7, 11) is 2.15. The summed E-state index contributed by atoms with van der Waals surface area (Å²) in [6.45, 7) is 5.06. The molecule has 2 rings (SSSR count). The normalized spacial score (nSPS) is 22.2. The molecule has 19 heavy (non-hydrogen) atoms. The maximum Gasteiger partial charge on any atom is 0.228 e. The molecule has 0 aliphatic carbocycles. The van der Waals surface area contributed by atoms with Crippen LogP contribution >= 0.6 is 27.3 Å². The number of rotatable bonds is 4. The fraction of sp³-hybridized carbons (Fsp3) is 0.643. The molecular formula is C14H21BrN2OS. The summed E-state index contributed by atoms with van der Waals surface area (Å²) in [5.74, 6) is 0.685. The van der Waals surface area contributed by atoms with Gasteiger partial charge in [0.15, 0.2) is 0 Å². The minimum atomic E-state index is -0.0578. The second-order valence-electron chi connectivity index (χ2n) is 5.38. The number of halogens is 1. The quantitative estimate of drug-likeness (QED) is 0.910. The minimum Gasteiger partial charge on any atom is -0.355 e. The maximum absolute atomic E-state index is 12.1. The molecule has 1 amide bonds. The Labute approximate surface area is 127 Å². The molecule has 0 bridgehead atoms. The van der Waals surface area contributed by atoms with Crippen molar-refractivity contribution >= 4 is 33.2 Å². The molecule has 1 aliphatic heterocycles. The largest absolute Gasteiger partial charge is 0.355 e. The van der Waals surface area contributed by atoms with Crippen LogP contribution in [0, 0.1) is 5.92 Å². The van der Waals surface area contributed by atoms with Gasteiger partial charge in [0.2, 0.25) is 5.91 Å². The molecule has 2 atom stereocenters. The summed E-state index contributed by atoms with van der Waals surface area (Å²) in [6, 6.07) is 4.02. The molecule has 5 heteroatoms. The highest BCUT2D eigenvalue weighted by atomic mass is 79.9. The fourth-order valence-electron chi connectivity index (χ4n) is 2.53. The van der Waals surface area contributed by atoms with Gasteiger partial charge in [-0.3, -0.25) is 4.79 Å². The van der Waals surface area contributed by atoms with Crippen LogP contribution in [0.2, 0.25) is 0 Å². The van der Waals surface area contributed by atoms with E-state index < -0.39 is 0 Å². The van der Waals surface area contributed by atoms with Gasteiger partial charge in [-0.25, -0.2) is 0 Å². The van der Waals surface area contributed by atoms with Crippen LogP contribution in [0.5, 0.6) is 0 Å². The van der Waals surface area contributed by atoms with Gasteiger partial charge in [0.25, 0.3) is 0 Å². The Morgan fingerprint density at radius 3 is 3.05 bits per heavy atom. The first-order valence-corrected chi connectivity index (χ1v) is 8.38. The highest BCUT2D eigenvalue weighted by Gasteiger charge is 2.21. The molecule has 106 valence electrons. The van der Waals surface area contributed by atoms with E-state index in [2.05, 4.69) is 33.2 Å². The van der Waals surface area contributed by atoms with Gasteiger partial charge >= 0.3 is 0 Å². The van der Waals surface area contributed by atoms with Crippen LogP contribution in [0.25, 0.3) is 0 Å². The first-order valence-electron chi connectivity index (χ1n) is 6.77. The Hall–Kier alpha value is -0.390. The van der Waals surface area contributed by atoms with E-state index in [4.69, 9.17) is 0 Å². The summed E-state index contributed by atoms with van der Waals surface area (Å²) in [4.78, 5) is 15.6. The molecule has 2 unspecified atom stereocenters. The molecule has 1 fully saturated rings. The molecule has 0 radical (unpaired) electrons. The van der Waals surface area contributed by atoms with Crippen molar-refractivity contribution in [2.24, 2.45) is 5.92 Å². The minimum absolute atomic E-state index is 0.0578. The smallest absolute Gasteiger partial charge is 0.228 e. The number of likely N-dealkylation sites (tertiary alicyclic amines) is 1. The predicted molar refractivity (Wildman–Crippen MR) is 83.7 cm³/mol. The zero-order valence-corrected chi connectivity index (χ0v) is 13.9. The first-order chi connectivity index (χ1) is 9.06. The molecule has 3 nitrogen and oxygen atoms in total. The topological polar surface area (TPSA) is 32.3 Å². The van der Waals surface area contributed by atoms with E-state index in [0.29, 0.717) is 5.92 Å². The number of nitrogens with zero attached hydrogens (tertiary/aromatic N) is 1. The van der Waals surface area contributed by atoms with Crippen molar-refractivity contribution in [3.05, 3.63) is 20.8 Å². The Balaban J connectivity index is 1.80. The molecule has 2 heterocycles. The highest BCUT2D eigenvalue weighted by molar-refractivity contribution is 9.11. The molecular weight excluding hydrogens is 324 g/mol. The van der Waals surface area contributed by atoms with E-state index in [1.807, 2.05) is 19.1 Å². The van der Waals surface area contributed by atoms with Crippen molar-refractivity contribution in [2.75, 3.05) is 26.7 Å². The van der Waals surface area contributed by atoms with E-state index in [1.165, 1.54) is 19.4 Å². The summed E-state index contributed by atoms with van der Waals surface area (Å²) in [5.41, 5.74) is 0. The maximum atomic E-state index is 12.1. The molecule has 1 N–H and O–H groups in total. The first kappa shape index (κ1) is 15.0. The van der Waals surface area contributed by atoms with E-state index >= 15 is 0 Å². The number of amides is 1. The average molecular weight is 345 g/mol. The van der Waals surface area contributed by atoms with E-state index in [0.717, 1.165) is 21.8 Å². The van der Waals surface area contributed by atoms with Crippen molar-refractivity contribution in [1.29, 1.82) is 0 Å². The zero-order chi connectivity index (χ0) is 13.8. The molecule has 1 aromatic rings. The lowest BCUT2D eigenvalue weighted by Crippen LogP contribution is -2.40. The molecule has 0 aromatic carbocycles. The van der Waals surface area contributed by atoms with Gasteiger partial charge in [-0.1, -0.05) is 0 Å². The Morgan fingerprint density at radius 2 is 2.42 bits per heavy atom. The van der Waals surface area contributed by atoms with Crippen molar-refractivity contribution in [2.45, 2.75) is 25.7 Å². The SMILES string of the molecule is CC(C(=O)NCC1CCCN(C)C1)c1ccc(Br)s1. The zero-order valence-electron chi connectivity index (χ0n) is 11.5. The number of hydrogen-bond donors (Lipinski definition) is 1. The third kappa shape index (κ3) is 4.29. The number of carbonyl (C=O) groups excluding carboxylic acids is 1. The van der Waals surface area contributed by atoms with Gasteiger partial charge in [-0.15, -0.1) is 11.3 Å². The van der Waals surface area contributed by atoms with Crippen LogP contribution in [0.3, 0.4) is 0 Å². The molecule has 0 spiro atoms. The number of hydrogen-bond acceptors (Lipinski definition) is 3. The number of piperidine rings is 1. The summed E-state index contributed by atoms with van der Waals surface area (Å²) < 4.78 is 1.08. The van der Waals surface area contributed by atoms with Crippen LogP contribution < -0.4 is 5.32 Å². The van der Waals surface area contributed by atoms with E-state index in [9.17, 15) is 4.79 Å². The molecule has 0 saturated carbocycles. The summed E-state index contributed by atoms with van der Waals surface area (Å²) in [6.07, 6.45) is 2.47. The van der Waals surface area contributed by atoms with Crippen LogP contribution in [0.4, 0.5) is 0 Å². The van der Waals surface area contributed by atoms with Gasteiger partial charge in [-0.05, 0) is 67.3 Å². The predicted octanol–water partition coefficient (Wildman–Crippen LogP) is 3.07. The van der Waals surface area contributed by atoms with Gasteiger partial charge in [-0.2, -0.15) is 0 Å². The number of carbonyl (C=O) groups is 1. The standard InChI is InChI=1S/C14H21BrN2OS/c1-10(12-5-6-13(15)19-12)14(18)16-8-11-4-3-7-17(2)9-11/h5-6,10-11H,3-4,7-9H2,1-2H3,(H,16,18). The summed E-state index contributed by atoms with van der Waals surface area (Å²) >= 11 is 5.07. The number of nitrogens with one attached hydrogen (secondary N) is 1. The lowest BCUT2D eigenvalue weighted by atomic mass is 9.98. The van der Waals surface area contributed by atoms with Crippen LogP contribution in [-0.2, 0) is 4.79 Å². The second kappa shape index (κ2) is 6.86.